The third-order valence-corrected chi connectivity index (χ3v) is 6.41. The van der Waals surface area contributed by atoms with Crippen LogP contribution in [0.25, 0.3) is 33.5 Å². The number of hydrogen-bond acceptors (Lipinski definition) is 6. The van der Waals surface area contributed by atoms with Crippen LogP contribution in [0.5, 0.6) is 5.75 Å². The summed E-state index contributed by atoms with van der Waals surface area (Å²) >= 11 is 0. The molecule has 0 spiro atoms. The van der Waals surface area contributed by atoms with Crippen molar-refractivity contribution in [2.75, 3.05) is 26.7 Å². The smallest absolute Gasteiger partial charge is 0.202 e. The number of H-pyrrole nitrogens is 2. The molecular weight excluding hydrogens is 402 g/mol. The topological polar surface area (TPSA) is 97.0 Å². The van der Waals surface area contributed by atoms with Crippen LogP contribution >= 0.6 is 0 Å². The molecule has 3 N–H and O–H groups in total. The maximum absolute atomic E-state index is 9.81. The zero-order chi connectivity index (χ0) is 22.2. The quantitative estimate of drug-likeness (QED) is 0.448. The Morgan fingerprint density at radius 1 is 1.09 bits per heavy atom. The van der Waals surface area contributed by atoms with Crippen molar-refractivity contribution in [3.8, 4) is 28.4 Å². The van der Waals surface area contributed by atoms with Crippen LogP contribution in [0.15, 0.2) is 36.4 Å². The number of nitrogens with one attached hydrogen (secondary N) is 2. The largest absolute Gasteiger partial charge is 0.508 e. The number of nitrogens with zero attached hydrogens (tertiary/aromatic N) is 5. The molecule has 32 heavy (non-hydrogen) atoms. The molecule has 0 amide bonds. The molecule has 0 radical (unpaired) electrons. The first-order valence-electron chi connectivity index (χ1n) is 11.2. The van der Waals surface area contributed by atoms with Crippen molar-refractivity contribution in [1.82, 2.24) is 35.2 Å². The number of phenolic OH excluding ortho intramolecular Hbond substituents is 1. The number of benzene rings is 2. The fourth-order valence-corrected chi connectivity index (χ4v) is 4.59. The number of aryl methyl sites for hydroxylation is 1. The first kappa shape index (κ1) is 20.7. The van der Waals surface area contributed by atoms with E-state index in [9.17, 15) is 5.11 Å². The summed E-state index contributed by atoms with van der Waals surface area (Å²) in [6.07, 6.45) is 0.849. The van der Waals surface area contributed by atoms with E-state index in [1.165, 1.54) is 0 Å². The summed E-state index contributed by atoms with van der Waals surface area (Å²) in [5.41, 5.74) is 5.00. The Hall–Kier alpha value is -3.23. The summed E-state index contributed by atoms with van der Waals surface area (Å²) in [5.74, 6) is 1.77. The predicted molar refractivity (Wildman–Crippen MR) is 125 cm³/mol. The Labute approximate surface area is 187 Å². The molecule has 3 heterocycles. The van der Waals surface area contributed by atoms with Gasteiger partial charge >= 0.3 is 0 Å². The summed E-state index contributed by atoms with van der Waals surface area (Å²) in [7, 11) is 2.17. The molecule has 2 aromatic heterocycles. The Morgan fingerprint density at radius 3 is 2.78 bits per heavy atom. The van der Waals surface area contributed by atoms with E-state index in [1.54, 1.807) is 6.07 Å². The van der Waals surface area contributed by atoms with E-state index in [4.69, 9.17) is 4.98 Å². The lowest BCUT2D eigenvalue weighted by Crippen LogP contribution is -2.49. The maximum Gasteiger partial charge on any atom is 0.202 e. The zero-order valence-corrected chi connectivity index (χ0v) is 18.8. The molecule has 0 bridgehead atoms. The molecule has 8 nitrogen and oxygen atoms in total. The van der Waals surface area contributed by atoms with Crippen LogP contribution in [-0.2, 0) is 13.0 Å². The number of rotatable bonds is 5. The monoisotopic (exact) mass is 431 g/mol. The van der Waals surface area contributed by atoms with Gasteiger partial charge in [0.05, 0.1) is 12.1 Å². The second kappa shape index (κ2) is 8.37. The van der Waals surface area contributed by atoms with Gasteiger partial charge < -0.3 is 10.0 Å². The van der Waals surface area contributed by atoms with Gasteiger partial charge in [-0.3, -0.25) is 15.1 Å². The summed E-state index contributed by atoms with van der Waals surface area (Å²) in [6, 6.07) is 12.3. The Bertz CT molecular complexity index is 1240. The van der Waals surface area contributed by atoms with Crippen molar-refractivity contribution >= 4 is 10.9 Å². The molecule has 1 aliphatic heterocycles. The molecule has 5 rings (SSSR count). The average molecular weight is 432 g/mol. The second-order valence-electron chi connectivity index (χ2n) is 8.72. The van der Waals surface area contributed by atoms with Crippen LogP contribution in [0.1, 0.15) is 25.2 Å². The molecule has 0 aliphatic carbocycles. The molecule has 0 saturated carbocycles. The van der Waals surface area contributed by atoms with E-state index in [0.717, 1.165) is 71.7 Å². The van der Waals surface area contributed by atoms with Crippen LogP contribution in [0, 0.1) is 0 Å². The third-order valence-electron chi connectivity index (χ3n) is 6.41. The molecule has 0 unspecified atom stereocenters. The number of phenols is 1. The van der Waals surface area contributed by atoms with Crippen molar-refractivity contribution in [2.24, 2.45) is 0 Å². The van der Waals surface area contributed by atoms with Gasteiger partial charge in [0.1, 0.15) is 17.3 Å². The van der Waals surface area contributed by atoms with Crippen molar-refractivity contribution < 1.29 is 5.11 Å². The fourth-order valence-electron chi connectivity index (χ4n) is 4.59. The summed E-state index contributed by atoms with van der Waals surface area (Å²) in [5, 5.41) is 26.0. The number of likely N-dealkylation sites (N-methyl/N-ethyl adjacent to an activating group) is 1. The Kier molecular flexibility index (Phi) is 5.40. The highest BCUT2D eigenvalue weighted by Crippen LogP contribution is 2.32. The van der Waals surface area contributed by atoms with Crippen molar-refractivity contribution in [1.29, 1.82) is 0 Å². The third kappa shape index (κ3) is 3.87. The number of piperazine rings is 1. The van der Waals surface area contributed by atoms with Crippen molar-refractivity contribution in [2.45, 2.75) is 32.9 Å². The van der Waals surface area contributed by atoms with E-state index in [1.807, 2.05) is 12.1 Å². The van der Waals surface area contributed by atoms with Gasteiger partial charge in [0.25, 0.3) is 0 Å². The Balaban J connectivity index is 1.40. The van der Waals surface area contributed by atoms with E-state index < -0.39 is 0 Å². The van der Waals surface area contributed by atoms with Gasteiger partial charge in [-0.2, -0.15) is 10.2 Å². The van der Waals surface area contributed by atoms with Crippen LogP contribution in [0.3, 0.4) is 0 Å². The molecule has 2 aromatic carbocycles. The normalized spacial score (nSPS) is 17.9. The fraction of sp³-hybridized carbons (Fsp3) is 0.375. The highest BCUT2D eigenvalue weighted by molar-refractivity contribution is 5.94. The van der Waals surface area contributed by atoms with Gasteiger partial charge in [0, 0.05) is 31.1 Å². The van der Waals surface area contributed by atoms with Crippen molar-refractivity contribution in [3.05, 3.63) is 47.8 Å². The minimum absolute atomic E-state index is 0.293. The van der Waals surface area contributed by atoms with E-state index in [0.29, 0.717) is 17.6 Å². The van der Waals surface area contributed by atoms with Crippen molar-refractivity contribution in [3.63, 3.8) is 0 Å². The van der Waals surface area contributed by atoms with Gasteiger partial charge in [-0.15, -0.1) is 0 Å². The SMILES string of the molecule is CCc1cc(O)ccc1-c1ccc2c(-c3n[nH]c(CN4CCN(C)C[C@H]4C)n3)n[nH]c2c1. The highest BCUT2D eigenvalue weighted by atomic mass is 16.3. The van der Waals surface area contributed by atoms with E-state index in [-0.39, 0.29) is 0 Å². The van der Waals surface area contributed by atoms with Gasteiger partial charge in [-0.05, 0) is 61.3 Å². The lowest BCUT2D eigenvalue weighted by atomic mass is 9.97. The van der Waals surface area contributed by atoms with Crippen LogP contribution in [0.2, 0.25) is 0 Å². The summed E-state index contributed by atoms with van der Waals surface area (Å²) < 4.78 is 0. The standard InChI is InChI=1S/C24H29N7O/c1-4-16-11-18(32)6-8-19(16)17-5-7-20-21(12-17)26-28-23(20)24-25-22(27-29-24)14-31-10-9-30(3)13-15(31)2/h5-8,11-12,15,32H,4,9-10,13-14H2,1-3H3,(H,26,28)(H,25,27,29)/t15-/m1/s1. The number of fused-ring (bicyclic) bond motifs is 1. The van der Waals surface area contributed by atoms with Gasteiger partial charge in [0.15, 0.2) is 0 Å². The Morgan fingerprint density at radius 2 is 1.97 bits per heavy atom. The molecule has 1 atom stereocenters. The van der Waals surface area contributed by atoms with Crippen LogP contribution in [0.4, 0.5) is 0 Å². The number of aromatic hydroxyl groups is 1. The number of aromatic nitrogens is 5. The van der Waals surface area contributed by atoms with E-state index >= 15 is 0 Å². The first-order chi connectivity index (χ1) is 15.5. The van der Waals surface area contributed by atoms with Gasteiger partial charge in [0.2, 0.25) is 5.82 Å². The molecular formula is C24H29N7O. The minimum atomic E-state index is 0.293. The summed E-state index contributed by atoms with van der Waals surface area (Å²) in [6.45, 7) is 8.26. The van der Waals surface area contributed by atoms with Crippen LogP contribution < -0.4 is 0 Å². The highest BCUT2D eigenvalue weighted by Gasteiger charge is 2.23. The first-order valence-corrected chi connectivity index (χ1v) is 11.2. The lowest BCUT2D eigenvalue weighted by Gasteiger charge is -2.37. The second-order valence-corrected chi connectivity index (χ2v) is 8.72. The van der Waals surface area contributed by atoms with Gasteiger partial charge in [-0.1, -0.05) is 19.1 Å². The van der Waals surface area contributed by atoms with E-state index in [2.05, 4.69) is 69.3 Å². The van der Waals surface area contributed by atoms with Crippen LogP contribution in [-0.4, -0.2) is 73.0 Å². The molecule has 166 valence electrons. The molecule has 8 heteroatoms. The lowest BCUT2D eigenvalue weighted by molar-refractivity contribution is 0.0916. The average Bonchev–Trinajstić information content (AvgIpc) is 3.41. The molecule has 1 saturated heterocycles. The predicted octanol–water partition coefficient (Wildman–Crippen LogP) is 3.42. The number of hydrogen-bond donors (Lipinski definition) is 3. The minimum Gasteiger partial charge on any atom is -0.508 e. The molecule has 4 aromatic rings. The molecule has 1 aliphatic rings. The summed E-state index contributed by atoms with van der Waals surface area (Å²) in [4.78, 5) is 9.53. The van der Waals surface area contributed by atoms with Gasteiger partial charge in [-0.25, -0.2) is 4.98 Å². The number of aromatic amines is 2. The zero-order valence-electron chi connectivity index (χ0n) is 18.8. The maximum atomic E-state index is 9.81. The molecule has 1 fully saturated rings.